The highest BCUT2D eigenvalue weighted by Crippen LogP contribution is 2.32. The molecule has 0 radical (unpaired) electrons. The molecule has 0 fully saturated rings. The third-order valence-electron chi connectivity index (χ3n) is 3.15. The fourth-order valence-corrected chi connectivity index (χ4v) is 2.23. The molecule has 0 amide bonds. The SMILES string of the molecule is CN(C)CCC(=O)C1CCc2cccnc21. The smallest absolute Gasteiger partial charge is 0.143 e. The molecule has 1 unspecified atom stereocenters. The molecule has 1 aliphatic carbocycles. The molecule has 1 atom stereocenters. The van der Waals surface area contributed by atoms with Gasteiger partial charge >= 0.3 is 0 Å². The van der Waals surface area contributed by atoms with Gasteiger partial charge in [0.1, 0.15) is 5.78 Å². The normalized spacial score (nSPS) is 18.8. The summed E-state index contributed by atoms with van der Waals surface area (Å²) in [5.74, 6) is 0.391. The van der Waals surface area contributed by atoms with Crippen molar-refractivity contribution in [1.29, 1.82) is 0 Å². The first-order valence-electron chi connectivity index (χ1n) is 5.79. The molecular weight excluding hydrogens is 200 g/mol. The van der Waals surface area contributed by atoms with Gasteiger partial charge in [-0.15, -0.1) is 0 Å². The van der Waals surface area contributed by atoms with Gasteiger partial charge in [-0.2, -0.15) is 0 Å². The first kappa shape index (κ1) is 11.3. The molecule has 1 aromatic heterocycles. The maximum Gasteiger partial charge on any atom is 0.143 e. The molecule has 1 aliphatic rings. The molecule has 3 heteroatoms. The highest BCUT2D eigenvalue weighted by Gasteiger charge is 2.28. The summed E-state index contributed by atoms with van der Waals surface area (Å²) >= 11 is 0. The van der Waals surface area contributed by atoms with Crippen LogP contribution in [0.4, 0.5) is 0 Å². The van der Waals surface area contributed by atoms with Crippen molar-refractivity contribution in [2.45, 2.75) is 25.2 Å². The van der Waals surface area contributed by atoms with E-state index in [2.05, 4.69) is 11.1 Å². The second-order valence-corrected chi connectivity index (χ2v) is 4.66. The summed E-state index contributed by atoms with van der Waals surface area (Å²) in [5.41, 5.74) is 2.27. The summed E-state index contributed by atoms with van der Waals surface area (Å²) in [6.45, 7) is 0.831. The summed E-state index contributed by atoms with van der Waals surface area (Å²) in [6.07, 6.45) is 4.37. The standard InChI is InChI=1S/C13H18N2O/c1-15(2)9-7-12(16)11-6-5-10-4-3-8-14-13(10)11/h3-4,8,11H,5-7,9H2,1-2H3. The van der Waals surface area contributed by atoms with Gasteiger partial charge in [-0.1, -0.05) is 6.07 Å². The molecule has 0 aliphatic heterocycles. The first-order valence-corrected chi connectivity index (χ1v) is 5.79. The Bertz CT molecular complexity index is 387. The van der Waals surface area contributed by atoms with E-state index in [0.717, 1.165) is 25.1 Å². The number of carbonyl (C=O) groups is 1. The lowest BCUT2D eigenvalue weighted by atomic mass is 9.99. The fourth-order valence-electron chi connectivity index (χ4n) is 2.23. The van der Waals surface area contributed by atoms with E-state index < -0.39 is 0 Å². The molecule has 2 rings (SSSR count). The number of aryl methyl sites for hydroxylation is 1. The van der Waals surface area contributed by atoms with Gasteiger partial charge < -0.3 is 4.90 Å². The number of carbonyl (C=O) groups excluding carboxylic acids is 1. The van der Waals surface area contributed by atoms with E-state index in [-0.39, 0.29) is 5.92 Å². The van der Waals surface area contributed by atoms with Crippen LogP contribution in [-0.4, -0.2) is 36.3 Å². The van der Waals surface area contributed by atoms with Gasteiger partial charge in [0, 0.05) is 19.2 Å². The molecule has 0 spiro atoms. The molecule has 0 saturated carbocycles. The van der Waals surface area contributed by atoms with Gasteiger partial charge in [-0.3, -0.25) is 9.78 Å². The summed E-state index contributed by atoms with van der Waals surface area (Å²) in [7, 11) is 3.99. The zero-order valence-electron chi connectivity index (χ0n) is 9.94. The minimum absolute atomic E-state index is 0.0520. The molecule has 16 heavy (non-hydrogen) atoms. The Kier molecular flexibility index (Phi) is 3.34. The Balaban J connectivity index is 2.04. The maximum absolute atomic E-state index is 12.0. The van der Waals surface area contributed by atoms with Gasteiger partial charge in [-0.05, 0) is 38.6 Å². The van der Waals surface area contributed by atoms with Crippen molar-refractivity contribution in [2.24, 2.45) is 0 Å². The lowest BCUT2D eigenvalue weighted by Crippen LogP contribution is -2.20. The predicted octanol–water partition coefficient (Wildman–Crippen LogP) is 1.63. The molecule has 1 aromatic rings. The van der Waals surface area contributed by atoms with E-state index in [4.69, 9.17) is 0 Å². The van der Waals surface area contributed by atoms with E-state index in [1.807, 2.05) is 25.1 Å². The third-order valence-corrected chi connectivity index (χ3v) is 3.15. The lowest BCUT2D eigenvalue weighted by Gasteiger charge is -2.12. The first-order chi connectivity index (χ1) is 7.68. The number of hydrogen-bond acceptors (Lipinski definition) is 3. The molecule has 0 saturated heterocycles. The zero-order chi connectivity index (χ0) is 11.5. The van der Waals surface area contributed by atoms with Crippen LogP contribution in [0.1, 0.15) is 30.0 Å². The topological polar surface area (TPSA) is 33.2 Å². The Morgan fingerprint density at radius 3 is 3.12 bits per heavy atom. The number of aromatic nitrogens is 1. The average molecular weight is 218 g/mol. The number of hydrogen-bond donors (Lipinski definition) is 0. The van der Waals surface area contributed by atoms with Crippen LogP contribution < -0.4 is 0 Å². The third kappa shape index (κ3) is 2.30. The van der Waals surface area contributed by atoms with Crippen molar-refractivity contribution in [3.8, 4) is 0 Å². The summed E-state index contributed by atoms with van der Waals surface area (Å²) in [4.78, 5) is 18.4. The Morgan fingerprint density at radius 2 is 2.38 bits per heavy atom. The van der Waals surface area contributed by atoms with E-state index >= 15 is 0 Å². The van der Waals surface area contributed by atoms with Crippen molar-refractivity contribution >= 4 is 5.78 Å². The number of fused-ring (bicyclic) bond motifs is 1. The summed E-state index contributed by atoms with van der Waals surface area (Å²) < 4.78 is 0. The van der Waals surface area contributed by atoms with Crippen LogP contribution >= 0.6 is 0 Å². The highest BCUT2D eigenvalue weighted by molar-refractivity contribution is 5.86. The minimum atomic E-state index is 0.0520. The molecule has 3 nitrogen and oxygen atoms in total. The van der Waals surface area contributed by atoms with E-state index in [1.54, 1.807) is 6.20 Å². The van der Waals surface area contributed by atoms with Crippen molar-refractivity contribution in [3.63, 3.8) is 0 Å². The molecule has 0 aromatic carbocycles. The highest BCUT2D eigenvalue weighted by atomic mass is 16.1. The summed E-state index contributed by atoms with van der Waals surface area (Å²) in [5, 5.41) is 0. The van der Waals surface area contributed by atoms with E-state index in [9.17, 15) is 4.79 Å². The number of ketones is 1. The second kappa shape index (κ2) is 4.74. The van der Waals surface area contributed by atoms with E-state index in [1.165, 1.54) is 5.56 Å². The largest absolute Gasteiger partial charge is 0.309 e. The van der Waals surface area contributed by atoms with Crippen LogP contribution in [0.2, 0.25) is 0 Å². The van der Waals surface area contributed by atoms with Crippen LogP contribution in [0.25, 0.3) is 0 Å². The van der Waals surface area contributed by atoms with Crippen LogP contribution in [0.15, 0.2) is 18.3 Å². The van der Waals surface area contributed by atoms with Gasteiger partial charge in [0.25, 0.3) is 0 Å². The number of nitrogens with zero attached hydrogens (tertiary/aromatic N) is 2. The number of rotatable bonds is 4. The number of pyridine rings is 1. The van der Waals surface area contributed by atoms with Crippen LogP contribution in [-0.2, 0) is 11.2 Å². The van der Waals surface area contributed by atoms with E-state index in [0.29, 0.717) is 12.2 Å². The Morgan fingerprint density at radius 1 is 1.56 bits per heavy atom. The zero-order valence-corrected chi connectivity index (χ0v) is 9.94. The van der Waals surface area contributed by atoms with Crippen molar-refractivity contribution < 1.29 is 4.79 Å². The van der Waals surface area contributed by atoms with Crippen molar-refractivity contribution in [2.75, 3.05) is 20.6 Å². The van der Waals surface area contributed by atoms with Gasteiger partial charge in [0.05, 0.1) is 11.6 Å². The Hall–Kier alpha value is -1.22. The quantitative estimate of drug-likeness (QED) is 0.770. The molecule has 86 valence electrons. The van der Waals surface area contributed by atoms with Crippen molar-refractivity contribution in [1.82, 2.24) is 9.88 Å². The second-order valence-electron chi connectivity index (χ2n) is 4.66. The van der Waals surface area contributed by atoms with Crippen LogP contribution in [0.3, 0.4) is 0 Å². The monoisotopic (exact) mass is 218 g/mol. The van der Waals surface area contributed by atoms with Gasteiger partial charge in [0.2, 0.25) is 0 Å². The van der Waals surface area contributed by atoms with Gasteiger partial charge in [-0.25, -0.2) is 0 Å². The Labute approximate surface area is 96.5 Å². The number of Topliss-reactive ketones (excluding diaryl/α,β-unsaturated/α-hetero) is 1. The van der Waals surface area contributed by atoms with Crippen molar-refractivity contribution in [3.05, 3.63) is 29.6 Å². The average Bonchev–Trinajstić information content (AvgIpc) is 2.69. The molecule has 0 bridgehead atoms. The lowest BCUT2D eigenvalue weighted by molar-refractivity contribution is -0.120. The predicted molar refractivity (Wildman–Crippen MR) is 63.5 cm³/mol. The van der Waals surface area contributed by atoms with Gasteiger partial charge in [0.15, 0.2) is 0 Å². The fraction of sp³-hybridized carbons (Fsp3) is 0.538. The van der Waals surface area contributed by atoms with Crippen LogP contribution in [0.5, 0.6) is 0 Å². The van der Waals surface area contributed by atoms with Crippen LogP contribution in [0, 0.1) is 0 Å². The maximum atomic E-state index is 12.0. The summed E-state index contributed by atoms with van der Waals surface area (Å²) in [6, 6.07) is 4.03. The molecule has 1 heterocycles. The molecule has 0 N–H and O–H groups in total. The minimum Gasteiger partial charge on any atom is -0.309 e. The molecular formula is C13H18N2O.